The molecule has 0 amide bonds. The van der Waals surface area contributed by atoms with Crippen molar-refractivity contribution in [2.75, 3.05) is 0 Å². The Bertz CT molecular complexity index is 288. The average molecular weight is 210 g/mol. The topological polar surface area (TPSA) is 54.4 Å². The van der Waals surface area contributed by atoms with Gasteiger partial charge in [0.25, 0.3) is 11.0 Å². The zero-order chi connectivity index (χ0) is 9.40. The Morgan fingerprint density at radius 3 is 1.85 bits per heavy atom. The molecular weight excluding hydrogens is 199 g/mol. The third-order valence-corrected chi connectivity index (χ3v) is 1.04. The molecule has 3 nitrogen and oxygen atoms in total. The van der Waals surface area contributed by atoms with Crippen LogP contribution in [0.15, 0.2) is 36.9 Å². The summed E-state index contributed by atoms with van der Waals surface area (Å²) in [6, 6.07) is 10.0. The van der Waals surface area contributed by atoms with E-state index in [2.05, 4.69) is 6.58 Å². The van der Waals surface area contributed by atoms with Gasteiger partial charge in [0.2, 0.25) is 0 Å². The number of benzene rings is 1. The Hall–Kier alpha value is -0.130. The zero-order valence-corrected chi connectivity index (χ0v) is 7.28. The van der Waals surface area contributed by atoms with Crippen molar-refractivity contribution in [3.05, 3.63) is 42.5 Å². The van der Waals surface area contributed by atoms with E-state index in [1.165, 1.54) is 5.56 Å². The first-order chi connectivity index (χ1) is 5.66. The molecule has 0 saturated carbocycles. The number of rotatable bonds is 1. The van der Waals surface area contributed by atoms with Gasteiger partial charge in [0.15, 0.2) is 0 Å². The van der Waals surface area contributed by atoms with Gasteiger partial charge in [-0.25, -0.2) is 8.42 Å². The fraction of sp³-hybridized carbons (Fsp3) is 0. The van der Waals surface area contributed by atoms with E-state index in [-0.39, 0.29) is 29.6 Å². The van der Waals surface area contributed by atoms with Crippen LogP contribution in [0, 0.1) is 0 Å². The van der Waals surface area contributed by atoms with Crippen molar-refractivity contribution in [3.8, 4) is 0 Å². The molecule has 0 radical (unpaired) electrons. The van der Waals surface area contributed by atoms with Gasteiger partial charge in [-0.2, -0.15) is 0 Å². The van der Waals surface area contributed by atoms with E-state index < -0.39 is 11.0 Å². The van der Waals surface area contributed by atoms with Gasteiger partial charge in [0.1, 0.15) is 0 Å². The summed E-state index contributed by atoms with van der Waals surface area (Å²) in [5, 5.41) is 0. The summed E-state index contributed by atoms with van der Waals surface area (Å²) in [6.45, 7) is 3.63. The van der Waals surface area contributed by atoms with Gasteiger partial charge in [0, 0.05) is 0 Å². The summed E-state index contributed by atoms with van der Waals surface area (Å²) in [6.07, 6.45) is 1.83. The van der Waals surface area contributed by atoms with Crippen molar-refractivity contribution in [3.63, 3.8) is 0 Å². The molecule has 1 rings (SSSR count). The zero-order valence-electron chi connectivity index (χ0n) is 6.38. The standard InChI is InChI=1S/C8H8.Na.H2O3S.H/c1-2-8-6-4-3-5-7-8;;1-4(2)3;/h2-7H,1H2;;4H,(H,1,2,3);. The molecule has 0 atom stereocenters. The van der Waals surface area contributed by atoms with Crippen molar-refractivity contribution < 1.29 is 13.0 Å². The molecule has 5 heteroatoms. The van der Waals surface area contributed by atoms with E-state index >= 15 is 0 Å². The maximum absolute atomic E-state index is 8.59. The summed E-state index contributed by atoms with van der Waals surface area (Å²) in [7, 11) is -3.12. The number of hydrogen-bond donors (Lipinski definition) is 2. The Kier molecular flexibility index (Phi) is 11.8. The molecule has 0 unspecified atom stereocenters. The first kappa shape index (κ1) is 15.3. The monoisotopic (exact) mass is 210 g/mol. The van der Waals surface area contributed by atoms with Crippen LogP contribution in [0.1, 0.15) is 5.56 Å². The molecule has 0 aliphatic heterocycles. The molecule has 13 heavy (non-hydrogen) atoms. The Balaban J connectivity index is 0. The van der Waals surface area contributed by atoms with Crippen LogP contribution in [-0.4, -0.2) is 42.5 Å². The summed E-state index contributed by atoms with van der Waals surface area (Å²) in [5.74, 6) is 0. The third-order valence-electron chi connectivity index (χ3n) is 1.04. The summed E-state index contributed by atoms with van der Waals surface area (Å²) in [5.41, 5.74) is 1.17. The third kappa shape index (κ3) is 11.9. The molecule has 1 aromatic rings. The van der Waals surface area contributed by atoms with Gasteiger partial charge in [-0.05, 0) is 5.56 Å². The normalized spacial score (nSPS) is 7.85. The van der Waals surface area contributed by atoms with Crippen LogP contribution in [0.5, 0.6) is 0 Å². The molecule has 0 fully saturated rings. The molecule has 1 aromatic carbocycles. The predicted molar refractivity (Wildman–Crippen MR) is 56.6 cm³/mol. The molecule has 0 heterocycles. The molecule has 0 aromatic heterocycles. The van der Waals surface area contributed by atoms with Crippen LogP contribution in [0.3, 0.4) is 0 Å². The second kappa shape index (κ2) is 9.95. The number of hydrogen-bond acceptors (Lipinski definition) is 2. The summed E-state index contributed by atoms with van der Waals surface area (Å²) < 4.78 is 24.2. The van der Waals surface area contributed by atoms with Crippen LogP contribution in [0.2, 0.25) is 0 Å². The second-order valence-electron chi connectivity index (χ2n) is 1.85. The summed E-state index contributed by atoms with van der Waals surface area (Å²) in [4.78, 5) is 0. The van der Waals surface area contributed by atoms with Gasteiger partial charge in [-0.15, -0.1) is 0 Å². The van der Waals surface area contributed by atoms with Gasteiger partial charge in [-0.1, -0.05) is 43.0 Å². The molecule has 0 aliphatic rings. The quantitative estimate of drug-likeness (QED) is 0.408. The first-order valence-corrected chi connectivity index (χ1v) is 4.30. The molecule has 0 bridgehead atoms. The van der Waals surface area contributed by atoms with Crippen molar-refractivity contribution in [2.24, 2.45) is 0 Å². The predicted octanol–water partition coefficient (Wildman–Crippen LogP) is 0.752. The fourth-order valence-corrected chi connectivity index (χ4v) is 0.589. The van der Waals surface area contributed by atoms with Crippen molar-refractivity contribution in [2.45, 2.75) is 0 Å². The molecular formula is C8H11NaO3S. The van der Waals surface area contributed by atoms with Crippen LogP contribution in [0.25, 0.3) is 6.08 Å². The molecule has 0 spiro atoms. The minimum absolute atomic E-state index is 0. The molecule has 68 valence electrons. The van der Waals surface area contributed by atoms with E-state index in [0.29, 0.717) is 0 Å². The Morgan fingerprint density at radius 1 is 1.23 bits per heavy atom. The van der Waals surface area contributed by atoms with Gasteiger partial charge >= 0.3 is 29.6 Å². The van der Waals surface area contributed by atoms with Crippen LogP contribution in [-0.2, 0) is 11.0 Å². The van der Waals surface area contributed by atoms with E-state index in [4.69, 9.17) is 13.0 Å². The van der Waals surface area contributed by atoms with Crippen LogP contribution < -0.4 is 0 Å². The average Bonchev–Trinajstić information content (AvgIpc) is 2.05. The van der Waals surface area contributed by atoms with E-state index in [1.807, 2.05) is 36.4 Å². The van der Waals surface area contributed by atoms with Gasteiger partial charge < -0.3 is 0 Å². The van der Waals surface area contributed by atoms with Gasteiger partial charge in [0.05, 0.1) is 0 Å². The van der Waals surface area contributed by atoms with E-state index in [0.717, 1.165) is 0 Å². The van der Waals surface area contributed by atoms with Crippen molar-refractivity contribution in [1.82, 2.24) is 0 Å². The minimum atomic E-state index is -3.12. The van der Waals surface area contributed by atoms with Crippen LogP contribution >= 0.6 is 0 Å². The second-order valence-corrected chi connectivity index (χ2v) is 2.33. The fourth-order valence-electron chi connectivity index (χ4n) is 0.589. The molecule has 0 aliphatic carbocycles. The Morgan fingerprint density at radius 2 is 1.62 bits per heavy atom. The van der Waals surface area contributed by atoms with Crippen molar-refractivity contribution >= 4 is 46.6 Å². The van der Waals surface area contributed by atoms with Crippen LogP contribution in [0.4, 0.5) is 0 Å². The molecule has 1 N–H and O–H groups in total. The van der Waals surface area contributed by atoms with E-state index in [1.54, 1.807) is 0 Å². The van der Waals surface area contributed by atoms with E-state index in [9.17, 15) is 0 Å². The van der Waals surface area contributed by atoms with Gasteiger partial charge in [-0.3, -0.25) is 4.55 Å². The van der Waals surface area contributed by atoms with Crippen molar-refractivity contribution in [1.29, 1.82) is 0 Å². The maximum atomic E-state index is 8.59. The SMILES string of the molecule is C=Cc1ccccc1.O=[SH](=O)O.[NaH]. The molecule has 0 saturated heterocycles. The summed E-state index contributed by atoms with van der Waals surface area (Å²) >= 11 is 0. The Labute approximate surface area is 102 Å². The first-order valence-electron chi connectivity index (χ1n) is 3.17. The number of thiol groups is 1.